The molecule has 1 aromatic heterocycles. The van der Waals surface area contributed by atoms with Gasteiger partial charge in [-0.3, -0.25) is 19.8 Å². The summed E-state index contributed by atoms with van der Waals surface area (Å²) in [6.45, 7) is 1.84. The largest absolute Gasteiger partial charge is 0.481 e. The molecule has 1 aliphatic carbocycles. The van der Waals surface area contributed by atoms with Crippen LogP contribution in [0, 0.1) is 17.6 Å². The first-order valence-electron chi connectivity index (χ1n) is 12.8. The smallest absolute Gasteiger partial charge is 0.306 e. The number of carboxylic acid groups (broad SMARTS) is 1. The molecule has 0 bridgehead atoms. The molecule has 2 aliphatic rings. The van der Waals surface area contributed by atoms with Crippen LogP contribution in [0.25, 0.3) is 0 Å². The van der Waals surface area contributed by atoms with Crippen LogP contribution in [0.5, 0.6) is 5.75 Å². The number of hydrogen-bond acceptors (Lipinski definition) is 8. The van der Waals surface area contributed by atoms with Gasteiger partial charge in [-0.15, -0.1) is 11.3 Å². The summed E-state index contributed by atoms with van der Waals surface area (Å²) in [6.07, 6.45) is 2.59. The highest BCUT2D eigenvalue weighted by Gasteiger charge is 2.37. The van der Waals surface area contributed by atoms with Crippen molar-refractivity contribution >= 4 is 38.2 Å². The van der Waals surface area contributed by atoms with E-state index < -0.39 is 44.7 Å². The second kappa shape index (κ2) is 11.6. The standard InChI is InChI=1S/C27H27F2N3O6S2/c28-18-3-8-23(22(29)13-18)38-24(16-1-4-20(5-2-16)40(36,37)21-6-7-21)25(33)31-27-30-14-19(39-27)15-32-11-9-17(10-12-32)26(34)35/h1-5,8,13-14,17,21,24H,6-7,9-12,15H2,(H,34,35)(H,30,31,33). The number of carboxylic acids is 1. The number of halogens is 2. The number of rotatable bonds is 10. The number of sulfone groups is 1. The highest BCUT2D eigenvalue weighted by Crippen LogP contribution is 2.34. The van der Waals surface area contributed by atoms with Gasteiger partial charge in [0.15, 0.2) is 26.5 Å². The zero-order chi connectivity index (χ0) is 28.4. The first-order chi connectivity index (χ1) is 19.1. The van der Waals surface area contributed by atoms with Crippen molar-refractivity contribution in [3.05, 3.63) is 70.7 Å². The predicted molar refractivity (Wildman–Crippen MR) is 143 cm³/mol. The fourth-order valence-electron chi connectivity index (χ4n) is 4.54. The number of aliphatic carboxylic acids is 1. The number of carbonyl (C=O) groups excluding carboxylic acids is 1. The van der Waals surface area contributed by atoms with Crippen molar-refractivity contribution < 1.29 is 36.6 Å². The molecule has 9 nitrogen and oxygen atoms in total. The number of thiazole rings is 1. The Kier molecular flexibility index (Phi) is 8.15. The Labute approximate surface area is 233 Å². The highest BCUT2D eigenvalue weighted by molar-refractivity contribution is 7.92. The van der Waals surface area contributed by atoms with E-state index >= 15 is 0 Å². The predicted octanol–water partition coefficient (Wildman–Crippen LogP) is 4.41. The maximum atomic E-state index is 14.4. The Bertz CT molecular complexity index is 1500. The average molecular weight is 592 g/mol. The Morgan fingerprint density at radius 2 is 1.80 bits per heavy atom. The molecule has 1 aliphatic heterocycles. The molecule has 40 heavy (non-hydrogen) atoms. The zero-order valence-electron chi connectivity index (χ0n) is 21.3. The van der Waals surface area contributed by atoms with Crippen LogP contribution in [-0.4, -0.2) is 53.6 Å². The zero-order valence-corrected chi connectivity index (χ0v) is 22.9. The number of anilines is 1. The maximum Gasteiger partial charge on any atom is 0.306 e. The first kappa shape index (κ1) is 28.1. The molecule has 5 rings (SSSR count). The van der Waals surface area contributed by atoms with E-state index in [2.05, 4.69) is 15.2 Å². The van der Waals surface area contributed by atoms with Crippen molar-refractivity contribution in [2.24, 2.45) is 5.92 Å². The number of piperidine rings is 1. The van der Waals surface area contributed by atoms with Crippen molar-refractivity contribution in [2.45, 2.75) is 48.5 Å². The molecule has 1 unspecified atom stereocenters. The highest BCUT2D eigenvalue weighted by atomic mass is 32.2. The maximum absolute atomic E-state index is 14.4. The van der Waals surface area contributed by atoms with Gasteiger partial charge in [0.05, 0.1) is 16.1 Å². The van der Waals surface area contributed by atoms with Gasteiger partial charge >= 0.3 is 5.97 Å². The lowest BCUT2D eigenvalue weighted by molar-refractivity contribution is -0.143. The molecule has 0 radical (unpaired) electrons. The molecule has 13 heteroatoms. The van der Waals surface area contributed by atoms with Gasteiger partial charge in [-0.1, -0.05) is 12.1 Å². The van der Waals surface area contributed by atoms with E-state index in [0.29, 0.717) is 51.4 Å². The summed E-state index contributed by atoms with van der Waals surface area (Å²) in [5.41, 5.74) is 0.272. The van der Waals surface area contributed by atoms with Crippen LogP contribution in [0.3, 0.4) is 0 Å². The molecule has 1 atom stereocenters. The van der Waals surface area contributed by atoms with E-state index in [1.54, 1.807) is 6.20 Å². The van der Waals surface area contributed by atoms with Gasteiger partial charge in [0.2, 0.25) is 6.10 Å². The van der Waals surface area contributed by atoms with Crippen molar-refractivity contribution in [3.8, 4) is 5.75 Å². The SMILES string of the molecule is O=C(O)C1CCN(Cc2cnc(NC(=O)C(Oc3ccc(F)cc3F)c3ccc(S(=O)(=O)C4CC4)cc3)s2)CC1. The number of aromatic nitrogens is 1. The molecule has 2 aromatic carbocycles. The number of nitrogens with zero attached hydrogens (tertiary/aromatic N) is 2. The molecule has 1 saturated carbocycles. The number of ether oxygens (including phenoxy) is 1. The lowest BCUT2D eigenvalue weighted by Gasteiger charge is -2.29. The number of carbonyl (C=O) groups is 2. The van der Waals surface area contributed by atoms with Crippen molar-refractivity contribution in [3.63, 3.8) is 0 Å². The number of benzene rings is 2. The van der Waals surface area contributed by atoms with Crippen LogP contribution in [0.15, 0.2) is 53.6 Å². The van der Waals surface area contributed by atoms with Gasteiger partial charge in [-0.25, -0.2) is 22.2 Å². The van der Waals surface area contributed by atoms with E-state index in [1.807, 2.05) is 0 Å². The quantitative estimate of drug-likeness (QED) is 0.355. The fraction of sp³-hybridized carbons (Fsp3) is 0.370. The van der Waals surface area contributed by atoms with Gasteiger partial charge < -0.3 is 9.84 Å². The van der Waals surface area contributed by atoms with Gasteiger partial charge in [-0.05, 0) is 63.0 Å². The normalized spacial score (nSPS) is 17.4. The van der Waals surface area contributed by atoms with Crippen LogP contribution >= 0.6 is 11.3 Å². The Balaban J connectivity index is 1.31. The van der Waals surface area contributed by atoms with Gasteiger partial charge in [-0.2, -0.15) is 0 Å². The molecule has 2 heterocycles. The molecule has 0 spiro atoms. The van der Waals surface area contributed by atoms with Gasteiger partial charge in [0.25, 0.3) is 5.91 Å². The van der Waals surface area contributed by atoms with Gasteiger partial charge in [0, 0.05) is 29.2 Å². The van der Waals surface area contributed by atoms with Crippen LogP contribution in [0.1, 0.15) is 42.2 Å². The third-order valence-corrected chi connectivity index (χ3v) is 10.1. The summed E-state index contributed by atoms with van der Waals surface area (Å²) >= 11 is 1.24. The number of amides is 1. The minimum atomic E-state index is -3.45. The molecular weight excluding hydrogens is 564 g/mol. The number of hydrogen-bond donors (Lipinski definition) is 2. The van der Waals surface area contributed by atoms with E-state index in [-0.39, 0.29) is 27.3 Å². The summed E-state index contributed by atoms with van der Waals surface area (Å²) in [5.74, 6) is -3.93. The third-order valence-electron chi connectivity index (χ3n) is 6.95. The number of likely N-dealkylation sites (tertiary alicyclic amines) is 1. The lowest BCUT2D eigenvalue weighted by Crippen LogP contribution is -2.35. The fourth-order valence-corrected chi connectivity index (χ4v) is 7.06. The molecule has 1 saturated heterocycles. The molecule has 2 N–H and O–H groups in total. The number of nitrogens with one attached hydrogen (secondary N) is 1. The van der Waals surface area contributed by atoms with Crippen LogP contribution in [0.2, 0.25) is 0 Å². The van der Waals surface area contributed by atoms with Gasteiger partial charge in [0.1, 0.15) is 5.82 Å². The summed E-state index contributed by atoms with van der Waals surface area (Å²) in [4.78, 5) is 31.9. The van der Waals surface area contributed by atoms with Crippen molar-refractivity contribution in [1.29, 1.82) is 0 Å². The van der Waals surface area contributed by atoms with Crippen molar-refractivity contribution in [2.75, 3.05) is 18.4 Å². The average Bonchev–Trinajstić information content (AvgIpc) is 3.70. The van der Waals surface area contributed by atoms with E-state index in [1.165, 1.54) is 35.6 Å². The monoisotopic (exact) mass is 591 g/mol. The molecule has 2 fully saturated rings. The summed E-state index contributed by atoms with van der Waals surface area (Å²) in [5, 5.41) is 11.7. The third kappa shape index (κ3) is 6.48. The minimum Gasteiger partial charge on any atom is -0.481 e. The molecule has 212 valence electrons. The first-order valence-corrected chi connectivity index (χ1v) is 15.1. The van der Waals surface area contributed by atoms with Crippen LogP contribution in [-0.2, 0) is 26.0 Å². The summed E-state index contributed by atoms with van der Waals surface area (Å²) in [6, 6.07) is 8.38. The molecule has 1 amide bonds. The summed E-state index contributed by atoms with van der Waals surface area (Å²) < 4.78 is 58.7. The van der Waals surface area contributed by atoms with Crippen molar-refractivity contribution in [1.82, 2.24) is 9.88 Å². The lowest BCUT2D eigenvalue weighted by atomic mass is 9.97. The van der Waals surface area contributed by atoms with Crippen LogP contribution in [0.4, 0.5) is 13.9 Å². The molecule has 3 aromatic rings. The second-order valence-electron chi connectivity index (χ2n) is 9.90. The van der Waals surface area contributed by atoms with E-state index in [0.717, 1.165) is 17.0 Å². The van der Waals surface area contributed by atoms with E-state index in [4.69, 9.17) is 4.74 Å². The Hall–Kier alpha value is -3.42. The second-order valence-corrected chi connectivity index (χ2v) is 13.2. The Morgan fingerprint density at radius 3 is 2.42 bits per heavy atom. The van der Waals surface area contributed by atoms with E-state index in [9.17, 15) is 31.9 Å². The Morgan fingerprint density at radius 1 is 1.10 bits per heavy atom. The van der Waals surface area contributed by atoms with Crippen LogP contribution < -0.4 is 10.1 Å². The molecular formula is C27H27F2N3O6S2. The topological polar surface area (TPSA) is 126 Å². The minimum absolute atomic E-state index is 0.128. The summed E-state index contributed by atoms with van der Waals surface area (Å²) in [7, 11) is -3.45.